The van der Waals surface area contributed by atoms with Crippen molar-refractivity contribution in [2.45, 2.75) is 6.42 Å². The number of anilines is 3. The van der Waals surface area contributed by atoms with Gasteiger partial charge in [0.15, 0.2) is 5.78 Å². The highest BCUT2D eigenvalue weighted by Gasteiger charge is 2.09. The molecular weight excluding hydrogens is 464 g/mol. The molecule has 2 heterocycles. The molecule has 0 aliphatic heterocycles. The first-order valence-electron chi connectivity index (χ1n) is 11.8. The van der Waals surface area contributed by atoms with Crippen molar-refractivity contribution in [1.82, 2.24) is 19.9 Å². The predicted molar refractivity (Wildman–Crippen MR) is 146 cm³/mol. The highest BCUT2D eigenvalue weighted by molar-refractivity contribution is 6.04. The first kappa shape index (κ1) is 25.4. The van der Waals surface area contributed by atoms with Crippen LogP contribution in [0.1, 0.15) is 15.9 Å². The molecule has 8 heteroatoms. The average molecular weight is 493 g/mol. The van der Waals surface area contributed by atoms with Crippen molar-refractivity contribution in [3.05, 3.63) is 109 Å². The molecule has 0 unspecified atom stereocenters. The lowest BCUT2D eigenvalue weighted by Gasteiger charge is -2.09. The molecule has 0 saturated carbocycles. The number of pyridine rings is 1. The van der Waals surface area contributed by atoms with Crippen molar-refractivity contribution in [3.8, 4) is 11.3 Å². The summed E-state index contributed by atoms with van der Waals surface area (Å²) in [7, 11) is 3.89. The molecule has 0 bridgehead atoms. The maximum absolute atomic E-state index is 12.8. The molecule has 2 aromatic carbocycles. The van der Waals surface area contributed by atoms with Crippen LogP contribution in [0.3, 0.4) is 0 Å². The first-order valence-corrected chi connectivity index (χ1v) is 11.8. The lowest BCUT2D eigenvalue weighted by atomic mass is 10.0. The van der Waals surface area contributed by atoms with E-state index in [-0.39, 0.29) is 18.1 Å². The van der Waals surface area contributed by atoms with E-state index in [0.717, 1.165) is 22.5 Å². The fraction of sp³-hybridized carbons (Fsp3) is 0.138. The SMILES string of the molecule is CN(C)C/C=C/C(=O)Cc1cccc(C(=O)Nc2ccc(Nc3nccc(-c4cccnc4)n3)cc2)c1. The van der Waals surface area contributed by atoms with Gasteiger partial charge in [0.2, 0.25) is 5.95 Å². The van der Waals surface area contributed by atoms with E-state index in [9.17, 15) is 9.59 Å². The van der Waals surface area contributed by atoms with E-state index in [1.165, 1.54) is 0 Å². The quantitative estimate of drug-likeness (QED) is 0.308. The number of aromatic nitrogens is 3. The molecule has 2 N–H and O–H groups in total. The van der Waals surface area contributed by atoms with E-state index in [0.29, 0.717) is 23.7 Å². The zero-order valence-electron chi connectivity index (χ0n) is 20.8. The van der Waals surface area contributed by atoms with Crippen LogP contribution >= 0.6 is 0 Å². The predicted octanol–water partition coefficient (Wildman–Crippen LogP) is 4.76. The van der Waals surface area contributed by atoms with Gasteiger partial charge < -0.3 is 15.5 Å². The number of likely N-dealkylation sites (N-methyl/N-ethyl adjacent to an activating group) is 1. The number of hydrogen-bond donors (Lipinski definition) is 2. The molecule has 0 aliphatic rings. The molecule has 0 fully saturated rings. The van der Waals surface area contributed by atoms with Crippen LogP contribution in [-0.4, -0.2) is 52.2 Å². The lowest BCUT2D eigenvalue weighted by molar-refractivity contribution is -0.114. The van der Waals surface area contributed by atoms with Gasteiger partial charge in [0.05, 0.1) is 5.69 Å². The summed E-state index contributed by atoms with van der Waals surface area (Å²) < 4.78 is 0. The highest BCUT2D eigenvalue weighted by atomic mass is 16.1. The fourth-order valence-corrected chi connectivity index (χ4v) is 3.54. The third-order valence-electron chi connectivity index (χ3n) is 5.35. The first-order chi connectivity index (χ1) is 18.0. The number of rotatable bonds is 10. The number of hydrogen-bond acceptors (Lipinski definition) is 7. The van der Waals surface area contributed by atoms with Crippen LogP contribution in [0.15, 0.2) is 97.5 Å². The van der Waals surface area contributed by atoms with Gasteiger partial charge in [0.25, 0.3) is 5.91 Å². The van der Waals surface area contributed by atoms with Gasteiger partial charge >= 0.3 is 0 Å². The summed E-state index contributed by atoms with van der Waals surface area (Å²) in [5.74, 6) is 0.212. The van der Waals surface area contributed by atoms with Gasteiger partial charge in [-0.05, 0) is 80.3 Å². The maximum atomic E-state index is 12.8. The van der Waals surface area contributed by atoms with Gasteiger partial charge in [-0.2, -0.15) is 0 Å². The molecule has 4 rings (SSSR count). The van der Waals surface area contributed by atoms with E-state index in [2.05, 4.69) is 25.6 Å². The molecule has 0 spiro atoms. The van der Waals surface area contributed by atoms with Crippen LogP contribution in [0.25, 0.3) is 11.3 Å². The third-order valence-corrected chi connectivity index (χ3v) is 5.35. The third kappa shape index (κ3) is 7.65. The van der Waals surface area contributed by atoms with Crippen molar-refractivity contribution in [1.29, 1.82) is 0 Å². The Morgan fingerprint density at radius 2 is 1.76 bits per heavy atom. The zero-order valence-corrected chi connectivity index (χ0v) is 20.8. The van der Waals surface area contributed by atoms with Gasteiger partial charge in [0, 0.05) is 54.1 Å². The summed E-state index contributed by atoms with van der Waals surface area (Å²) in [6, 6.07) is 20.0. The Bertz CT molecular complexity index is 1390. The Balaban J connectivity index is 1.35. The second-order valence-electron chi connectivity index (χ2n) is 8.67. The van der Waals surface area contributed by atoms with Gasteiger partial charge in [-0.15, -0.1) is 0 Å². The summed E-state index contributed by atoms with van der Waals surface area (Å²) in [6.45, 7) is 0.702. The van der Waals surface area contributed by atoms with Crippen molar-refractivity contribution in [2.24, 2.45) is 0 Å². The van der Waals surface area contributed by atoms with E-state index in [4.69, 9.17) is 0 Å². The molecule has 8 nitrogen and oxygen atoms in total. The van der Waals surface area contributed by atoms with E-state index < -0.39 is 0 Å². The minimum absolute atomic E-state index is 0.00236. The van der Waals surface area contributed by atoms with Gasteiger partial charge in [-0.25, -0.2) is 9.97 Å². The van der Waals surface area contributed by atoms with Gasteiger partial charge in [-0.1, -0.05) is 18.2 Å². The number of nitrogens with one attached hydrogen (secondary N) is 2. The number of ketones is 1. The summed E-state index contributed by atoms with van der Waals surface area (Å²) in [6.07, 6.45) is 8.82. The van der Waals surface area contributed by atoms with Crippen LogP contribution < -0.4 is 10.6 Å². The number of allylic oxidation sites excluding steroid dienone is 1. The topological polar surface area (TPSA) is 100 Å². The fourth-order valence-electron chi connectivity index (χ4n) is 3.54. The van der Waals surface area contributed by atoms with Crippen LogP contribution in [0.2, 0.25) is 0 Å². The molecule has 0 saturated heterocycles. The van der Waals surface area contributed by atoms with Crippen LogP contribution in [0.4, 0.5) is 17.3 Å². The molecular formula is C29H28N6O2. The second-order valence-corrected chi connectivity index (χ2v) is 8.67. The van der Waals surface area contributed by atoms with Crippen molar-refractivity contribution < 1.29 is 9.59 Å². The van der Waals surface area contributed by atoms with Gasteiger partial charge in [0.1, 0.15) is 0 Å². The minimum Gasteiger partial charge on any atom is -0.324 e. The molecule has 186 valence electrons. The second kappa shape index (κ2) is 12.3. The molecule has 0 radical (unpaired) electrons. The number of nitrogens with zero attached hydrogens (tertiary/aromatic N) is 4. The summed E-state index contributed by atoms with van der Waals surface area (Å²) in [4.78, 5) is 39.9. The molecule has 0 aliphatic carbocycles. The monoisotopic (exact) mass is 492 g/mol. The standard InChI is InChI=1S/C29H28N6O2/c1-35(2)17-5-9-26(36)19-21-6-3-7-22(18-21)28(37)32-24-10-12-25(13-11-24)33-29-31-16-14-27(34-29)23-8-4-15-30-20-23/h3-16,18,20H,17,19H2,1-2H3,(H,32,37)(H,31,33,34)/b9-5+. The van der Waals surface area contributed by atoms with Crippen LogP contribution in [0, 0.1) is 0 Å². The van der Waals surface area contributed by atoms with E-state index in [1.807, 2.05) is 61.5 Å². The Hall–Kier alpha value is -4.69. The van der Waals surface area contributed by atoms with Crippen LogP contribution in [0.5, 0.6) is 0 Å². The molecule has 2 aromatic heterocycles. The lowest BCUT2D eigenvalue weighted by Crippen LogP contribution is -2.13. The Kier molecular flexibility index (Phi) is 8.46. The number of carbonyl (C=O) groups is 2. The smallest absolute Gasteiger partial charge is 0.255 e. The number of carbonyl (C=O) groups excluding carboxylic acids is 2. The Labute approximate surface area is 216 Å². The van der Waals surface area contributed by atoms with Crippen molar-refractivity contribution in [2.75, 3.05) is 31.3 Å². The molecule has 4 aromatic rings. The number of amides is 1. The Morgan fingerprint density at radius 3 is 2.51 bits per heavy atom. The largest absolute Gasteiger partial charge is 0.324 e. The van der Waals surface area contributed by atoms with Crippen LogP contribution in [-0.2, 0) is 11.2 Å². The average Bonchev–Trinajstić information content (AvgIpc) is 2.90. The van der Waals surface area contributed by atoms with Gasteiger partial charge in [-0.3, -0.25) is 14.6 Å². The summed E-state index contributed by atoms with van der Waals surface area (Å²) in [5.41, 5.74) is 4.38. The highest BCUT2D eigenvalue weighted by Crippen LogP contribution is 2.20. The van der Waals surface area contributed by atoms with E-state index >= 15 is 0 Å². The molecule has 0 atom stereocenters. The van der Waals surface area contributed by atoms with Crippen molar-refractivity contribution in [3.63, 3.8) is 0 Å². The maximum Gasteiger partial charge on any atom is 0.255 e. The van der Waals surface area contributed by atoms with Crippen molar-refractivity contribution >= 4 is 29.0 Å². The normalized spacial score (nSPS) is 11.0. The minimum atomic E-state index is -0.245. The molecule has 37 heavy (non-hydrogen) atoms. The zero-order chi connectivity index (χ0) is 26.0. The van der Waals surface area contributed by atoms with E-state index in [1.54, 1.807) is 55.0 Å². The number of benzene rings is 2. The Morgan fingerprint density at radius 1 is 0.946 bits per heavy atom. The summed E-state index contributed by atoms with van der Waals surface area (Å²) >= 11 is 0. The summed E-state index contributed by atoms with van der Waals surface area (Å²) in [5, 5.41) is 6.07. The molecule has 1 amide bonds.